The minimum Gasteiger partial charge on any atom is -0.480 e. The molecule has 4 bridgehead atoms. The van der Waals surface area contributed by atoms with Gasteiger partial charge in [-0.1, -0.05) is 43.5 Å². The lowest BCUT2D eigenvalue weighted by Crippen LogP contribution is -2.58. The summed E-state index contributed by atoms with van der Waals surface area (Å²) in [7, 11) is 0. The van der Waals surface area contributed by atoms with E-state index < -0.39 is 35.9 Å². The van der Waals surface area contributed by atoms with E-state index in [9.17, 15) is 24.3 Å². The molecule has 0 aromatic heterocycles. The van der Waals surface area contributed by atoms with E-state index in [-0.39, 0.29) is 24.7 Å². The summed E-state index contributed by atoms with van der Waals surface area (Å²) in [6, 6.07) is 11.3. The fourth-order valence-corrected chi connectivity index (χ4v) is 5.07. The van der Waals surface area contributed by atoms with Crippen molar-refractivity contribution in [2.45, 2.75) is 70.0 Å². The van der Waals surface area contributed by atoms with E-state index in [1.165, 1.54) is 6.92 Å². The van der Waals surface area contributed by atoms with E-state index in [0.717, 1.165) is 37.7 Å². The minimum atomic E-state index is -1.19. The first-order valence-electron chi connectivity index (χ1n) is 12.7. The first-order chi connectivity index (χ1) is 17.8. The zero-order valence-corrected chi connectivity index (χ0v) is 20.9. The zero-order valence-electron chi connectivity index (χ0n) is 20.9. The molecule has 2 aromatic carbocycles. The molecule has 3 amide bonds. The molecule has 37 heavy (non-hydrogen) atoms. The Morgan fingerprint density at radius 3 is 2.30 bits per heavy atom. The average molecular weight is 508 g/mol. The molecule has 1 saturated carbocycles. The van der Waals surface area contributed by atoms with Crippen LogP contribution in [0.5, 0.6) is 11.5 Å². The Hall–Kier alpha value is -3.88. The van der Waals surface area contributed by atoms with Crippen LogP contribution in [0.15, 0.2) is 48.5 Å². The van der Waals surface area contributed by atoms with Gasteiger partial charge in [0.15, 0.2) is 0 Å². The number of carbonyl (C=O) groups is 4. The van der Waals surface area contributed by atoms with E-state index >= 15 is 0 Å². The molecule has 3 aliphatic rings. The van der Waals surface area contributed by atoms with Crippen LogP contribution in [0.4, 0.5) is 0 Å². The topological polar surface area (TPSA) is 134 Å². The number of fused-ring (bicyclic) bond motifs is 10. The highest BCUT2D eigenvalue weighted by molar-refractivity contribution is 5.93. The van der Waals surface area contributed by atoms with E-state index in [1.807, 2.05) is 12.1 Å². The number of benzene rings is 2. The van der Waals surface area contributed by atoms with E-state index in [1.54, 1.807) is 36.4 Å². The van der Waals surface area contributed by atoms with Gasteiger partial charge in [-0.25, -0.2) is 4.79 Å². The van der Waals surface area contributed by atoms with Crippen molar-refractivity contribution in [2.24, 2.45) is 5.92 Å². The number of hydrogen-bond donors (Lipinski definition) is 4. The minimum absolute atomic E-state index is 0.0526. The van der Waals surface area contributed by atoms with Gasteiger partial charge in [0, 0.05) is 19.8 Å². The van der Waals surface area contributed by atoms with Gasteiger partial charge in [0.2, 0.25) is 17.7 Å². The molecule has 196 valence electrons. The molecule has 4 N–H and O–H groups in total. The van der Waals surface area contributed by atoms with E-state index in [4.69, 9.17) is 4.74 Å². The van der Waals surface area contributed by atoms with Crippen LogP contribution in [0.2, 0.25) is 0 Å². The molecule has 1 aliphatic carbocycles. The first kappa shape index (κ1) is 26.2. The Labute approximate surface area is 216 Å². The van der Waals surface area contributed by atoms with E-state index in [2.05, 4.69) is 16.0 Å². The lowest BCUT2D eigenvalue weighted by molar-refractivity contribution is -0.142. The molecule has 2 aliphatic heterocycles. The van der Waals surface area contributed by atoms with Crippen LogP contribution in [-0.2, 0) is 32.0 Å². The molecule has 0 unspecified atom stereocenters. The van der Waals surface area contributed by atoms with Crippen LogP contribution >= 0.6 is 0 Å². The van der Waals surface area contributed by atoms with Crippen molar-refractivity contribution >= 4 is 23.7 Å². The van der Waals surface area contributed by atoms with Crippen molar-refractivity contribution in [2.75, 3.05) is 0 Å². The number of aliphatic carboxylic acids is 1. The van der Waals surface area contributed by atoms with Gasteiger partial charge in [-0.2, -0.15) is 0 Å². The molecule has 5 rings (SSSR count). The maximum Gasteiger partial charge on any atom is 0.326 e. The van der Waals surface area contributed by atoms with Crippen molar-refractivity contribution in [3.63, 3.8) is 0 Å². The molecule has 0 saturated heterocycles. The summed E-state index contributed by atoms with van der Waals surface area (Å²) in [5, 5.41) is 18.1. The summed E-state index contributed by atoms with van der Waals surface area (Å²) in [4.78, 5) is 50.9. The molecular formula is C28H33N3O6. The summed E-state index contributed by atoms with van der Waals surface area (Å²) in [6.45, 7) is 1.34. The molecule has 2 heterocycles. The predicted molar refractivity (Wildman–Crippen MR) is 136 cm³/mol. The van der Waals surface area contributed by atoms with E-state index in [0.29, 0.717) is 17.1 Å². The van der Waals surface area contributed by atoms with Gasteiger partial charge in [-0.15, -0.1) is 0 Å². The van der Waals surface area contributed by atoms with Gasteiger partial charge in [-0.05, 0) is 54.2 Å². The Morgan fingerprint density at radius 1 is 0.892 bits per heavy atom. The standard InChI is InChI=1S/C28H33N3O6/c1-17(32)29-23-15-18-10-12-21(13-11-18)37-22-9-5-6-19(14-22)16-24(28(35)36)30-27(34)25(31-26(23)33)20-7-3-2-4-8-20/h5-6,9-14,20,23-25H,2-4,7-8,15-16H2,1H3,(H,29,32)(H,30,34)(H,31,33)(H,35,36)/t23-,24+,25+/m1/s1. The number of amides is 3. The highest BCUT2D eigenvalue weighted by atomic mass is 16.5. The molecule has 9 heteroatoms. The molecule has 3 atom stereocenters. The van der Waals surface area contributed by atoms with Crippen molar-refractivity contribution in [3.05, 3.63) is 59.7 Å². The Bertz CT molecular complexity index is 1140. The number of carboxylic acid groups (broad SMARTS) is 1. The lowest BCUT2D eigenvalue weighted by Gasteiger charge is -2.32. The molecule has 2 aromatic rings. The van der Waals surface area contributed by atoms with Crippen LogP contribution in [0.3, 0.4) is 0 Å². The quantitative estimate of drug-likeness (QED) is 0.505. The average Bonchev–Trinajstić information content (AvgIpc) is 2.87. The van der Waals surface area contributed by atoms with Crippen LogP contribution in [0.1, 0.15) is 50.2 Å². The largest absolute Gasteiger partial charge is 0.480 e. The van der Waals surface area contributed by atoms with Crippen molar-refractivity contribution in [1.29, 1.82) is 0 Å². The summed E-state index contributed by atoms with van der Waals surface area (Å²) < 4.78 is 5.94. The molecule has 9 nitrogen and oxygen atoms in total. The SMILES string of the molecule is CC(=O)N[C@@H]1Cc2ccc(cc2)Oc2cccc(c2)C[C@@H](C(=O)O)NC(=O)[C@H](C2CCCCC2)NC1=O. The molecule has 0 spiro atoms. The van der Waals surface area contributed by atoms with Gasteiger partial charge < -0.3 is 25.8 Å². The number of hydrogen-bond acceptors (Lipinski definition) is 5. The number of carboxylic acids is 1. The second-order valence-corrected chi connectivity index (χ2v) is 9.84. The van der Waals surface area contributed by atoms with Gasteiger partial charge in [0.1, 0.15) is 29.6 Å². The fourth-order valence-electron chi connectivity index (χ4n) is 5.07. The van der Waals surface area contributed by atoms with Crippen molar-refractivity contribution in [1.82, 2.24) is 16.0 Å². The molecular weight excluding hydrogens is 474 g/mol. The van der Waals surface area contributed by atoms with Crippen LogP contribution < -0.4 is 20.7 Å². The van der Waals surface area contributed by atoms with Gasteiger partial charge in [0.05, 0.1) is 0 Å². The summed E-state index contributed by atoms with van der Waals surface area (Å²) in [5.74, 6) is -1.56. The first-order valence-corrected chi connectivity index (χ1v) is 12.7. The second kappa shape index (κ2) is 11.9. The molecule has 1 fully saturated rings. The van der Waals surface area contributed by atoms with Crippen molar-refractivity contribution < 1.29 is 29.0 Å². The monoisotopic (exact) mass is 507 g/mol. The van der Waals surface area contributed by atoms with Crippen molar-refractivity contribution in [3.8, 4) is 11.5 Å². The zero-order chi connectivity index (χ0) is 26.4. The highest BCUT2D eigenvalue weighted by Gasteiger charge is 2.35. The van der Waals surface area contributed by atoms with Gasteiger partial charge >= 0.3 is 5.97 Å². The summed E-state index contributed by atoms with van der Waals surface area (Å²) in [6.07, 6.45) is 4.69. The number of ether oxygens (including phenoxy) is 1. The Balaban J connectivity index is 1.71. The van der Waals surface area contributed by atoms with Gasteiger partial charge in [0.25, 0.3) is 0 Å². The summed E-state index contributed by atoms with van der Waals surface area (Å²) >= 11 is 0. The normalized spacial score (nSPS) is 23.2. The third-order valence-electron chi connectivity index (χ3n) is 6.95. The number of nitrogens with one attached hydrogen (secondary N) is 3. The highest BCUT2D eigenvalue weighted by Crippen LogP contribution is 2.28. The maximum absolute atomic E-state index is 13.5. The molecule has 0 radical (unpaired) electrons. The summed E-state index contributed by atoms with van der Waals surface area (Å²) in [5.41, 5.74) is 1.50. The second-order valence-electron chi connectivity index (χ2n) is 9.84. The van der Waals surface area contributed by atoms with Gasteiger partial charge in [-0.3, -0.25) is 14.4 Å². The Kier molecular flexibility index (Phi) is 8.43. The maximum atomic E-state index is 13.5. The third kappa shape index (κ3) is 7.09. The predicted octanol–water partition coefficient (Wildman–Crippen LogP) is 2.72. The lowest BCUT2D eigenvalue weighted by atomic mass is 9.83. The number of carbonyl (C=O) groups excluding carboxylic acids is 3. The smallest absolute Gasteiger partial charge is 0.326 e. The Morgan fingerprint density at radius 2 is 1.62 bits per heavy atom. The van der Waals surface area contributed by atoms with Crippen LogP contribution in [0, 0.1) is 5.92 Å². The van der Waals surface area contributed by atoms with Crippen LogP contribution in [0.25, 0.3) is 0 Å². The third-order valence-corrected chi connectivity index (χ3v) is 6.95. The van der Waals surface area contributed by atoms with Crippen LogP contribution in [-0.4, -0.2) is 46.9 Å². The fraction of sp³-hybridized carbons (Fsp3) is 0.429. The number of rotatable bonds is 3.